The van der Waals surface area contributed by atoms with Gasteiger partial charge >= 0.3 is 0 Å². The maximum Gasteiger partial charge on any atom is 0.0440 e. The van der Waals surface area contributed by atoms with Crippen molar-refractivity contribution < 1.29 is 0 Å². The van der Waals surface area contributed by atoms with E-state index in [-0.39, 0.29) is 0 Å². The Morgan fingerprint density at radius 3 is 2.40 bits per heavy atom. The summed E-state index contributed by atoms with van der Waals surface area (Å²) in [5, 5.41) is 0.937. The molecule has 0 bridgehead atoms. The average Bonchev–Trinajstić information content (AvgIpc) is 2.25. The van der Waals surface area contributed by atoms with Crippen LogP contribution in [0.2, 0.25) is 5.02 Å². The number of benzene rings is 1. The van der Waals surface area contributed by atoms with E-state index in [1.165, 1.54) is 37.7 Å². The number of hydrogen-bond acceptors (Lipinski definition) is 0. The quantitative estimate of drug-likeness (QED) is 0.606. The maximum atomic E-state index is 6.23. The zero-order valence-corrected chi connectivity index (χ0v) is 10.6. The van der Waals surface area contributed by atoms with Gasteiger partial charge in [0.05, 0.1) is 0 Å². The van der Waals surface area contributed by atoms with Crippen LogP contribution in [-0.4, -0.2) is 0 Å². The molecule has 0 nitrogen and oxygen atoms in total. The summed E-state index contributed by atoms with van der Waals surface area (Å²) in [6.45, 7) is 4.49. The Hall–Kier alpha value is -0.490. The topological polar surface area (TPSA) is 0 Å². The lowest BCUT2D eigenvalue weighted by Gasteiger charge is -2.17. The molecule has 0 aliphatic heterocycles. The summed E-state index contributed by atoms with van der Waals surface area (Å²) < 4.78 is 0. The van der Waals surface area contributed by atoms with Crippen molar-refractivity contribution in [3.05, 3.63) is 34.9 Å². The second-order valence-electron chi connectivity index (χ2n) is 4.15. The van der Waals surface area contributed by atoms with Crippen molar-refractivity contribution in [3.8, 4) is 0 Å². The van der Waals surface area contributed by atoms with Gasteiger partial charge in [-0.15, -0.1) is 0 Å². The van der Waals surface area contributed by atoms with Crippen LogP contribution in [0.3, 0.4) is 0 Å². The molecular formula is C14H21Cl. The van der Waals surface area contributed by atoms with Gasteiger partial charge in [-0.05, 0) is 30.4 Å². The number of halogens is 1. The molecule has 0 aromatic heterocycles. The van der Waals surface area contributed by atoms with Gasteiger partial charge in [0.1, 0.15) is 0 Å². The highest BCUT2D eigenvalue weighted by Gasteiger charge is 2.12. The fraction of sp³-hybridized carbons (Fsp3) is 0.571. The molecule has 0 radical (unpaired) electrons. The van der Waals surface area contributed by atoms with Gasteiger partial charge in [0.2, 0.25) is 0 Å². The van der Waals surface area contributed by atoms with Gasteiger partial charge in [0.15, 0.2) is 0 Å². The minimum absolute atomic E-state index is 0.656. The van der Waals surface area contributed by atoms with Gasteiger partial charge in [-0.3, -0.25) is 0 Å². The molecule has 0 saturated carbocycles. The summed E-state index contributed by atoms with van der Waals surface area (Å²) in [5.74, 6) is 0.656. The molecule has 84 valence electrons. The van der Waals surface area contributed by atoms with Crippen LogP contribution in [0.25, 0.3) is 0 Å². The minimum Gasteiger partial charge on any atom is -0.0840 e. The lowest BCUT2D eigenvalue weighted by atomic mass is 9.90. The van der Waals surface area contributed by atoms with Gasteiger partial charge < -0.3 is 0 Å². The maximum absolute atomic E-state index is 6.23. The van der Waals surface area contributed by atoms with Gasteiger partial charge in [0, 0.05) is 5.02 Å². The van der Waals surface area contributed by atoms with E-state index in [0.717, 1.165) is 5.02 Å². The molecule has 0 aliphatic carbocycles. The molecule has 0 heterocycles. The third-order valence-corrected chi connectivity index (χ3v) is 3.23. The minimum atomic E-state index is 0.656. The Morgan fingerprint density at radius 2 is 1.80 bits per heavy atom. The van der Waals surface area contributed by atoms with E-state index in [0.29, 0.717) is 5.92 Å². The molecule has 1 rings (SSSR count). The highest BCUT2D eigenvalue weighted by atomic mass is 35.5. The van der Waals surface area contributed by atoms with Crippen molar-refractivity contribution in [2.45, 2.75) is 51.9 Å². The van der Waals surface area contributed by atoms with E-state index >= 15 is 0 Å². The van der Waals surface area contributed by atoms with Crippen LogP contribution in [0, 0.1) is 0 Å². The Morgan fingerprint density at radius 1 is 1.07 bits per heavy atom. The highest BCUT2D eigenvalue weighted by molar-refractivity contribution is 6.31. The van der Waals surface area contributed by atoms with Crippen LogP contribution in [0.5, 0.6) is 0 Å². The van der Waals surface area contributed by atoms with Crippen LogP contribution in [0.4, 0.5) is 0 Å². The Labute approximate surface area is 98.7 Å². The smallest absolute Gasteiger partial charge is 0.0440 e. The molecule has 0 N–H and O–H groups in total. The summed E-state index contributed by atoms with van der Waals surface area (Å²) in [6.07, 6.45) is 6.33. The predicted octanol–water partition coefficient (Wildman–Crippen LogP) is 5.41. The van der Waals surface area contributed by atoms with Crippen molar-refractivity contribution in [2.75, 3.05) is 0 Å². The fourth-order valence-corrected chi connectivity index (χ4v) is 2.35. The third kappa shape index (κ3) is 3.87. The van der Waals surface area contributed by atoms with Crippen LogP contribution in [0.15, 0.2) is 24.3 Å². The van der Waals surface area contributed by atoms with Crippen molar-refractivity contribution in [1.82, 2.24) is 0 Å². The molecule has 1 unspecified atom stereocenters. The number of unbranched alkanes of at least 4 members (excludes halogenated alkanes) is 1. The van der Waals surface area contributed by atoms with Crippen LogP contribution >= 0.6 is 11.6 Å². The summed E-state index contributed by atoms with van der Waals surface area (Å²) in [6, 6.07) is 8.29. The number of hydrogen-bond donors (Lipinski definition) is 0. The highest BCUT2D eigenvalue weighted by Crippen LogP contribution is 2.31. The first kappa shape index (κ1) is 12.6. The molecule has 0 amide bonds. The van der Waals surface area contributed by atoms with E-state index < -0.39 is 0 Å². The van der Waals surface area contributed by atoms with Crippen LogP contribution in [0.1, 0.15) is 57.4 Å². The summed E-state index contributed by atoms with van der Waals surface area (Å²) >= 11 is 6.23. The summed E-state index contributed by atoms with van der Waals surface area (Å²) in [7, 11) is 0. The molecule has 1 aromatic rings. The molecule has 0 spiro atoms. The molecule has 1 atom stereocenters. The Bertz CT molecular complexity index is 280. The average molecular weight is 225 g/mol. The first-order valence-electron chi connectivity index (χ1n) is 6.04. The number of rotatable bonds is 6. The fourth-order valence-electron chi connectivity index (χ4n) is 2.06. The molecule has 1 aromatic carbocycles. The second-order valence-corrected chi connectivity index (χ2v) is 4.56. The van der Waals surface area contributed by atoms with E-state index in [9.17, 15) is 0 Å². The Balaban J connectivity index is 2.74. The van der Waals surface area contributed by atoms with Crippen molar-refractivity contribution in [3.63, 3.8) is 0 Å². The summed E-state index contributed by atoms with van der Waals surface area (Å²) in [5.41, 5.74) is 1.34. The zero-order valence-electron chi connectivity index (χ0n) is 9.80. The van der Waals surface area contributed by atoms with Gasteiger partial charge in [-0.1, -0.05) is 62.9 Å². The molecule has 15 heavy (non-hydrogen) atoms. The monoisotopic (exact) mass is 224 g/mol. The second kappa shape index (κ2) is 6.90. The van der Waals surface area contributed by atoms with Crippen LogP contribution < -0.4 is 0 Å². The summed E-state index contributed by atoms with van der Waals surface area (Å²) in [4.78, 5) is 0. The largest absolute Gasteiger partial charge is 0.0840 e. The first-order valence-corrected chi connectivity index (χ1v) is 6.41. The molecule has 0 saturated heterocycles. The van der Waals surface area contributed by atoms with E-state index in [1.807, 2.05) is 12.1 Å². The third-order valence-electron chi connectivity index (χ3n) is 2.89. The lowest BCUT2D eigenvalue weighted by Crippen LogP contribution is -1.99. The van der Waals surface area contributed by atoms with E-state index in [2.05, 4.69) is 26.0 Å². The standard InChI is InChI=1S/C14H21Cl/c1-3-5-9-12(8-4-2)13-10-6-7-11-14(13)15/h6-7,10-12H,3-5,8-9H2,1-2H3. The normalized spacial score (nSPS) is 12.7. The molecule has 0 fully saturated rings. The SMILES string of the molecule is CCCCC(CCC)c1ccccc1Cl. The Kier molecular flexibility index (Phi) is 5.78. The van der Waals surface area contributed by atoms with E-state index in [4.69, 9.17) is 11.6 Å². The van der Waals surface area contributed by atoms with Crippen molar-refractivity contribution in [1.29, 1.82) is 0 Å². The van der Waals surface area contributed by atoms with Crippen molar-refractivity contribution in [2.24, 2.45) is 0 Å². The molecule has 1 heteroatoms. The molecular weight excluding hydrogens is 204 g/mol. The lowest BCUT2D eigenvalue weighted by molar-refractivity contribution is 0.541. The zero-order chi connectivity index (χ0) is 11.1. The van der Waals surface area contributed by atoms with Gasteiger partial charge in [-0.2, -0.15) is 0 Å². The van der Waals surface area contributed by atoms with Crippen molar-refractivity contribution >= 4 is 11.6 Å². The van der Waals surface area contributed by atoms with Crippen LogP contribution in [-0.2, 0) is 0 Å². The predicted molar refractivity (Wildman–Crippen MR) is 68.6 cm³/mol. The van der Waals surface area contributed by atoms with E-state index in [1.54, 1.807) is 0 Å². The first-order chi connectivity index (χ1) is 7.29. The molecule has 0 aliphatic rings. The van der Waals surface area contributed by atoms with Gasteiger partial charge in [0.25, 0.3) is 0 Å². The van der Waals surface area contributed by atoms with Gasteiger partial charge in [-0.25, -0.2) is 0 Å².